The van der Waals surface area contributed by atoms with Crippen molar-refractivity contribution in [3.63, 3.8) is 0 Å². The molecule has 0 spiro atoms. The van der Waals surface area contributed by atoms with Crippen LogP contribution in [0.1, 0.15) is 0 Å². The Kier molecular flexibility index (Phi) is 3.28. The third kappa shape index (κ3) is 2.58. The molecule has 6 heteroatoms. The van der Waals surface area contributed by atoms with Crippen molar-refractivity contribution in [2.24, 2.45) is 0 Å². The lowest BCUT2D eigenvalue weighted by molar-refractivity contribution is -0.0498. The van der Waals surface area contributed by atoms with Gasteiger partial charge in [-0.3, -0.25) is 0 Å². The molecular weight excluding hydrogens is 286 g/mol. The minimum atomic E-state index is -2.82. The number of imidazole rings is 1. The van der Waals surface area contributed by atoms with E-state index in [1.54, 1.807) is 34.9 Å². The van der Waals surface area contributed by atoms with E-state index in [9.17, 15) is 8.78 Å². The van der Waals surface area contributed by atoms with Gasteiger partial charge >= 0.3 is 6.61 Å². The molecule has 0 aliphatic heterocycles. The molecule has 2 heterocycles. The molecule has 20 heavy (non-hydrogen) atoms. The molecule has 3 nitrogen and oxygen atoms in total. The van der Waals surface area contributed by atoms with E-state index in [0.29, 0.717) is 5.02 Å². The van der Waals surface area contributed by atoms with E-state index < -0.39 is 6.61 Å². The maximum atomic E-state index is 12.1. The molecule has 0 aliphatic rings. The topological polar surface area (TPSA) is 26.5 Å². The van der Waals surface area contributed by atoms with Gasteiger partial charge < -0.3 is 9.14 Å². The number of hydrogen-bond acceptors (Lipinski definition) is 2. The van der Waals surface area contributed by atoms with Crippen molar-refractivity contribution < 1.29 is 13.5 Å². The van der Waals surface area contributed by atoms with Gasteiger partial charge in [-0.2, -0.15) is 8.78 Å². The molecule has 3 aromatic rings. The lowest BCUT2D eigenvalue weighted by Gasteiger charge is -2.04. The smallest absolute Gasteiger partial charge is 0.387 e. The molecule has 0 unspecified atom stereocenters. The SMILES string of the molecule is FC(F)Oc1ccc(-c2cn3cc(Cl)ccc3n2)cc1. The molecule has 0 fully saturated rings. The van der Waals surface area contributed by atoms with Crippen LogP contribution in [-0.4, -0.2) is 16.0 Å². The predicted molar refractivity (Wildman–Crippen MR) is 72.3 cm³/mol. The molecule has 0 N–H and O–H groups in total. The van der Waals surface area contributed by atoms with Crippen LogP contribution in [0.4, 0.5) is 8.78 Å². The molecule has 102 valence electrons. The van der Waals surface area contributed by atoms with E-state index in [-0.39, 0.29) is 5.75 Å². The van der Waals surface area contributed by atoms with Crippen molar-refractivity contribution in [2.45, 2.75) is 6.61 Å². The highest BCUT2D eigenvalue weighted by Crippen LogP contribution is 2.23. The Bertz CT molecular complexity index is 741. The van der Waals surface area contributed by atoms with E-state index >= 15 is 0 Å². The van der Waals surface area contributed by atoms with Gasteiger partial charge in [0.2, 0.25) is 0 Å². The van der Waals surface area contributed by atoms with Crippen molar-refractivity contribution in [2.75, 3.05) is 0 Å². The molecular formula is C14H9ClF2N2O. The van der Waals surface area contributed by atoms with Crippen molar-refractivity contribution in [3.05, 3.63) is 53.8 Å². The van der Waals surface area contributed by atoms with Gasteiger partial charge in [0.1, 0.15) is 11.4 Å². The fourth-order valence-corrected chi connectivity index (χ4v) is 2.08. The van der Waals surface area contributed by atoms with Gasteiger partial charge in [0.15, 0.2) is 0 Å². The van der Waals surface area contributed by atoms with Gasteiger partial charge in [0.05, 0.1) is 10.7 Å². The monoisotopic (exact) mass is 294 g/mol. The van der Waals surface area contributed by atoms with Gasteiger partial charge in [-0.1, -0.05) is 11.6 Å². The Labute approximate surface area is 118 Å². The lowest BCUT2D eigenvalue weighted by Crippen LogP contribution is -2.01. The van der Waals surface area contributed by atoms with Crippen LogP contribution >= 0.6 is 11.6 Å². The number of ether oxygens (including phenoxy) is 1. The molecule has 0 aliphatic carbocycles. The lowest BCUT2D eigenvalue weighted by atomic mass is 10.2. The van der Waals surface area contributed by atoms with Crippen LogP contribution in [0.5, 0.6) is 5.75 Å². The van der Waals surface area contributed by atoms with Crippen LogP contribution in [0.3, 0.4) is 0 Å². The van der Waals surface area contributed by atoms with Crippen molar-refractivity contribution in [3.8, 4) is 17.0 Å². The summed E-state index contributed by atoms with van der Waals surface area (Å²) < 4.78 is 30.3. The number of benzene rings is 1. The van der Waals surface area contributed by atoms with Crippen LogP contribution in [0.2, 0.25) is 5.02 Å². The normalized spacial score (nSPS) is 11.2. The molecule has 0 atom stereocenters. The molecule has 0 radical (unpaired) electrons. The van der Waals surface area contributed by atoms with Crippen molar-refractivity contribution >= 4 is 17.2 Å². The summed E-state index contributed by atoms with van der Waals surface area (Å²) in [7, 11) is 0. The molecule has 1 aromatic carbocycles. The zero-order chi connectivity index (χ0) is 14.1. The van der Waals surface area contributed by atoms with Crippen LogP contribution in [0.25, 0.3) is 16.9 Å². The molecule has 0 saturated carbocycles. The average molecular weight is 295 g/mol. The third-order valence-electron chi connectivity index (χ3n) is 2.79. The second-order valence-electron chi connectivity index (χ2n) is 4.14. The zero-order valence-corrected chi connectivity index (χ0v) is 10.9. The van der Waals surface area contributed by atoms with Crippen LogP contribution in [-0.2, 0) is 0 Å². The van der Waals surface area contributed by atoms with Crippen LogP contribution in [0, 0.1) is 0 Å². The highest BCUT2D eigenvalue weighted by molar-refractivity contribution is 6.30. The van der Waals surface area contributed by atoms with E-state index in [2.05, 4.69) is 9.72 Å². The fourth-order valence-electron chi connectivity index (χ4n) is 1.91. The maximum absolute atomic E-state index is 12.1. The number of halogens is 3. The molecule has 2 aromatic heterocycles. The minimum absolute atomic E-state index is 0.121. The summed E-state index contributed by atoms with van der Waals surface area (Å²) in [6.45, 7) is -2.82. The summed E-state index contributed by atoms with van der Waals surface area (Å²) in [5, 5.41) is 0.613. The quantitative estimate of drug-likeness (QED) is 0.721. The Hall–Kier alpha value is -2.14. The van der Waals surface area contributed by atoms with E-state index in [1.165, 1.54) is 12.1 Å². The summed E-state index contributed by atoms with van der Waals surface area (Å²) in [4.78, 5) is 4.43. The van der Waals surface area contributed by atoms with E-state index in [0.717, 1.165) is 16.9 Å². The van der Waals surface area contributed by atoms with Gasteiger partial charge in [0.25, 0.3) is 0 Å². The Balaban J connectivity index is 1.94. The molecule has 0 bridgehead atoms. The number of pyridine rings is 1. The first-order valence-electron chi connectivity index (χ1n) is 5.81. The largest absolute Gasteiger partial charge is 0.435 e. The number of nitrogens with zero attached hydrogens (tertiary/aromatic N) is 2. The first kappa shape index (κ1) is 12.9. The first-order valence-corrected chi connectivity index (χ1v) is 6.19. The van der Waals surface area contributed by atoms with Crippen molar-refractivity contribution in [1.82, 2.24) is 9.38 Å². The third-order valence-corrected chi connectivity index (χ3v) is 3.01. The number of fused-ring (bicyclic) bond motifs is 1. The zero-order valence-electron chi connectivity index (χ0n) is 10.1. The summed E-state index contributed by atoms with van der Waals surface area (Å²) >= 11 is 5.91. The van der Waals surface area contributed by atoms with Gasteiger partial charge in [0, 0.05) is 18.0 Å². The van der Waals surface area contributed by atoms with Crippen molar-refractivity contribution in [1.29, 1.82) is 0 Å². The highest BCUT2D eigenvalue weighted by Gasteiger charge is 2.07. The Morgan fingerprint density at radius 3 is 2.50 bits per heavy atom. The standard InChI is InChI=1S/C14H9ClF2N2O/c15-10-3-6-13-18-12(8-19(13)7-10)9-1-4-11(5-2-9)20-14(16)17/h1-8,14H. The molecule has 0 amide bonds. The predicted octanol–water partition coefficient (Wildman–Crippen LogP) is 4.26. The van der Waals surface area contributed by atoms with Gasteiger partial charge in [-0.05, 0) is 36.4 Å². The number of hydrogen-bond donors (Lipinski definition) is 0. The van der Waals surface area contributed by atoms with Crippen LogP contribution in [0.15, 0.2) is 48.8 Å². The summed E-state index contributed by atoms with van der Waals surface area (Å²) in [5.41, 5.74) is 2.31. The summed E-state index contributed by atoms with van der Waals surface area (Å²) in [5.74, 6) is 0.121. The summed E-state index contributed by atoms with van der Waals surface area (Å²) in [6, 6.07) is 9.90. The van der Waals surface area contributed by atoms with Gasteiger partial charge in [-0.25, -0.2) is 4.98 Å². The second kappa shape index (κ2) is 5.09. The fraction of sp³-hybridized carbons (Fsp3) is 0.0714. The highest BCUT2D eigenvalue weighted by atomic mass is 35.5. The van der Waals surface area contributed by atoms with E-state index in [1.807, 2.05) is 6.20 Å². The van der Waals surface area contributed by atoms with E-state index in [4.69, 9.17) is 11.6 Å². The number of aromatic nitrogens is 2. The Morgan fingerprint density at radius 2 is 1.80 bits per heavy atom. The molecule has 0 saturated heterocycles. The summed E-state index contributed by atoms with van der Waals surface area (Å²) in [6.07, 6.45) is 3.58. The average Bonchev–Trinajstić information content (AvgIpc) is 2.81. The minimum Gasteiger partial charge on any atom is -0.435 e. The number of rotatable bonds is 3. The Morgan fingerprint density at radius 1 is 1.05 bits per heavy atom. The first-order chi connectivity index (χ1) is 9.61. The van der Waals surface area contributed by atoms with Gasteiger partial charge in [-0.15, -0.1) is 0 Å². The van der Waals surface area contributed by atoms with Crippen LogP contribution < -0.4 is 4.74 Å². The second-order valence-corrected chi connectivity index (χ2v) is 4.58. The number of alkyl halides is 2. The maximum Gasteiger partial charge on any atom is 0.387 e. The molecule has 3 rings (SSSR count).